The molecule has 0 saturated carbocycles. The van der Waals surface area contributed by atoms with Crippen LogP contribution in [0, 0.1) is 0 Å². The molecule has 0 radical (unpaired) electrons. The van der Waals surface area contributed by atoms with E-state index in [2.05, 4.69) is 51.7 Å². The molecule has 1 aromatic carbocycles. The smallest absolute Gasteiger partial charge is 0.0406 e. The van der Waals surface area contributed by atoms with Crippen molar-refractivity contribution in [1.29, 1.82) is 0 Å². The SMILES string of the molecule is CCNC(CSc1ccc(Cl)cc1)Cc1cc(Br)cs1. The van der Waals surface area contributed by atoms with E-state index in [1.54, 1.807) is 0 Å². The maximum Gasteiger partial charge on any atom is 0.0406 e. The zero-order valence-electron chi connectivity index (χ0n) is 11.2. The normalized spacial score (nSPS) is 12.6. The first kappa shape index (κ1) is 16.4. The number of hydrogen-bond donors (Lipinski definition) is 1. The van der Waals surface area contributed by atoms with E-state index < -0.39 is 0 Å². The van der Waals surface area contributed by atoms with Crippen LogP contribution in [0.25, 0.3) is 0 Å². The van der Waals surface area contributed by atoms with Gasteiger partial charge in [-0.25, -0.2) is 0 Å². The summed E-state index contributed by atoms with van der Waals surface area (Å²) in [6, 6.07) is 10.8. The number of nitrogens with one attached hydrogen (secondary N) is 1. The van der Waals surface area contributed by atoms with Gasteiger partial charge < -0.3 is 5.32 Å². The van der Waals surface area contributed by atoms with E-state index in [4.69, 9.17) is 11.6 Å². The van der Waals surface area contributed by atoms with Crippen molar-refractivity contribution in [3.05, 3.63) is 50.1 Å². The predicted octanol–water partition coefficient (Wildman–Crippen LogP) is 5.48. The highest BCUT2D eigenvalue weighted by atomic mass is 79.9. The first-order valence-corrected chi connectivity index (χ1v) is 9.55. The third-order valence-corrected chi connectivity index (χ3v) is 5.97. The fourth-order valence-corrected chi connectivity index (χ4v) is 4.53. The van der Waals surface area contributed by atoms with Gasteiger partial charge in [-0.05, 0) is 59.2 Å². The van der Waals surface area contributed by atoms with E-state index in [0.717, 1.165) is 23.7 Å². The van der Waals surface area contributed by atoms with Crippen LogP contribution in [0.3, 0.4) is 0 Å². The summed E-state index contributed by atoms with van der Waals surface area (Å²) in [4.78, 5) is 2.68. The van der Waals surface area contributed by atoms with Crippen molar-refractivity contribution in [1.82, 2.24) is 5.32 Å². The molecule has 0 saturated heterocycles. The zero-order chi connectivity index (χ0) is 14.4. The van der Waals surface area contributed by atoms with E-state index in [9.17, 15) is 0 Å². The summed E-state index contributed by atoms with van der Waals surface area (Å²) in [5.41, 5.74) is 0. The minimum absolute atomic E-state index is 0.492. The molecule has 20 heavy (non-hydrogen) atoms. The van der Waals surface area contributed by atoms with Gasteiger partial charge in [-0.1, -0.05) is 18.5 Å². The van der Waals surface area contributed by atoms with Gasteiger partial charge in [-0.3, -0.25) is 0 Å². The third kappa shape index (κ3) is 5.41. The number of hydrogen-bond acceptors (Lipinski definition) is 3. The number of thioether (sulfide) groups is 1. The highest BCUT2D eigenvalue weighted by Gasteiger charge is 2.10. The number of thiophene rings is 1. The van der Waals surface area contributed by atoms with Crippen molar-refractivity contribution in [2.24, 2.45) is 0 Å². The Morgan fingerprint density at radius 3 is 2.70 bits per heavy atom. The Balaban J connectivity index is 1.90. The Bertz CT molecular complexity index is 527. The molecule has 1 unspecified atom stereocenters. The van der Waals surface area contributed by atoms with Crippen molar-refractivity contribution in [3.63, 3.8) is 0 Å². The van der Waals surface area contributed by atoms with E-state index in [1.807, 2.05) is 35.2 Å². The molecule has 2 rings (SSSR count). The van der Waals surface area contributed by atoms with Gasteiger partial charge in [0.15, 0.2) is 0 Å². The Kier molecular flexibility index (Phi) is 6.91. The van der Waals surface area contributed by atoms with Crippen LogP contribution in [0.2, 0.25) is 5.02 Å². The highest BCUT2D eigenvalue weighted by Crippen LogP contribution is 2.24. The minimum atomic E-state index is 0.492. The fraction of sp³-hybridized carbons (Fsp3) is 0.333. The summed E-state index contributed by atoms with van der Waals surface area (Å²) in [7, 11) is 0. The molecule has 5 heteroatoms. The van der Waals surface area contributed by atoms with Crippen LogP contribution in [0.15, 0.2) is 45.1 Å². The van der Waals surface area contributed by atoms with Crippen molar-refractivity contribution in [3.8, 4) is 0 Å². The summed E-state index contributed by atoms with van der Waals surface area (Å²) in [5, 5.41) is 6.50. The fourth-order valence-electron chi connectivity index (χ4n) is 1.91. The minimum Gasteiger partial charge on any atom is -0.313 e. The average molecular weight is 391 g/mol. The second kappa shape index (κ2) is 8.44. The van der Waals surface area contributed by atoms with Crippen LogP contribution in [0.4, 0.5) is 0 Å². The van der Waals surface area contributed by atoms with E-state index in [0.29, 0.717) is 6.04 Å². The number of likely N-dealkylation sites (N-methyl/N-ethyl adjacent to an activating group) is 1. The molecule has 0 aliphatic rings. The van der Waals surface area contributed by atoms with Gasteiger partial charge in [-0.2, -0.15) is 0 Å². The Morgan fingerprint density at radius 1 is 1.35 bits per heavy atom. The van der Waals surface area contributed by atoms with Crippen molar-refractivity contribution < 1.29 is 0 Å². The maximum atomic E-state index is 5.91. The first-order valence-electron chi connectivity index (χ1n) is 6.52. The van der Waals surface area contributed by atoms with Crippen LogP contribution in [-0.4, -0.2) is 18.3 Å². The number of rotatable bonds is 7. The van der Waals surface area contributed by atoms with Gasteiger partial charge in [0.1, 0.15) is 0 Å². The lowest BCUT2D eigenvalue weighted by Gasteiger charge is -2.16. The van der Waals surface area contributed by atoms with Crippen molar-refractivity contribution in [2.45, 2.75) is 24.3 Å². The van der Waals surface area contributed by atoms with E-state index in [1.165, 1.54) is 14.2 Å². The van der Waals surface area contributed by atoms with Crippen LogP contribution in [0.5, 0.6) is 0 Å². The lowest BCUT2D eigenvalue weighted by molar-refractivity contribution is 0.576. The molecular formula is C15H17BrClNS2. The van der Waals surface area contributed by atoms with Gasteiger partial charge in [0.25, 0.3) is 0 Å². The molecule has 0 aliphatic heterocycles. The summed E-state index contributed by atoms with van der Waals surface area (Å²) in [5.74, 6) is 1.06. The molecular weight excluding hydrogens is 374 g/mol. The first-order chi connectivity index (χ1) is 9.67. The quantitative estimate of drug-likeness (QED) is 0.628. The van der Waals surface area contributed by atoms with Gasteiger partial charge in [0.05, 0.1) is 0 Å². The molecule has 1 heterocycles. The maximum absolute atomic E-state index is 5.91. The molecule has 1 aromatic heterocycles. The number of benzene rings is 1. The van der Waals surface area contributed by atoms with Crippen molar-refractivity contribution in [2.75, 3.05) is 12.3 Å². The zero-order valence-corrected chi connectivity index (χ0v) is 15.2. The van der Waals surface area contributed by atoms with Crippen LogP contribution in [0.1, 0.15) is 11.8 Å². The van der Waals surface area contributed by atoms with E-state index in [-0.39, 0.29) is 0 Å². The summed E-state index contributed by atoms with van der Waals surface area (Å²) >= 11 is 13.1. The van der Waals surface area contributed by atoms with Gasteiger partial charge in [0.2, 0.25) is 0 Å². The largest absolute Gasteiger partial charge is 0.313 e. The average Bonchev–Trinajstić information content (AvgIpc) is 2.83. The van der Waals surface area contributed by atoms with E-state index >= 15 is 0 Å². The van der Waals surface area contributed by atoms with Crippen molar-refractivity contribution >= 4 is 50.6 Å². The summed E-state index contributed by atoms with van der Waals surface area (Å²) in [6.07, 6.45) is 1.07. The molecule has 1 nitrogen and oxygen atoms in total. The molecule has 2 aromatic rings. The highest BCUT2D eigenvalue weighted by molar-refractivity contribution is 9.10. The van der Waals surface area contributed by atoms with Gasteiger partial charge >= 0.3 is 0 Å². The second-order valence-electron chi connectivity index (χ2n) is 4.45. The monoisotopic (exact) mass is 389 g/mol. The molecule has 0 amide bonds. The third-order valence-electron chi connectivity index (χ3n) is 2.83. The van der Waals surface area contributed by atoms with Crippen LogP contribution < -0.4 is 5.32 Å². The Hall–Kier alpha value is -0.0000000000000000833. The molecule has 0 fully saturated rings. The predicted molar refractivity (Wildman–Crippen MR) is 95.4 cm³/mol. The second-order valence-corrected chi connectivity index (χ2v) is 7.90. The topological polar surface area (TPSA) is 12.0 Å². The number of halogens is 2. The van der Waals surface area contributed by atoms with Crippen LogP contribution >= 0.6 is 50.6 Å². The molecule has 0 aliphatic carbocycles. The Morgan fingerprint density at radius 2 is 2.10 bits per heavy atom. The summed E-state index contributed by atoms with van der Waals surface area (Å²) < 4.78 is 1.18. The lowest BCUT2D eigenvalue weighted by atomic mass is 10.2. The van der Waals surface area contributed by atoms with Gasteiger partial charge in [0, 0.05) is 36.4 Å². The molecule has 1 atom stereocenters. The summed E-state index contributed by atoms with van der Waals surface area (Å²) in [6.45, 7) is 3.16. The molecule has 1 N–H and O–H groups in total. The molecule has 0 bridgehead atoms. The van der Waals surface area contributed by atoms with Crippen LogP contribution in [-0.2, 0) is 6.42 Å². The standard InChI is InChI=1S/C15H17BrClNS2/c1-2-18-13(8-15-7-11(16)9-19-15)10-20-14-5-3-12(17)4-6-14/h3-7,9,13,18H,2,8,10H2,1H3. The lowest BCUT2D eigenvalue weighted by Crippen LogP contribution is -2.32. The molecule has 0 spiro atoms. The van der Waals surface area contributed by atoms with Gasteiger partial charge in [-0.15, -0.1) is 23.1 Å². The molecule has 108 valence electrons. The Labute approximate surface area is 142 Å².